The van der Waals surface area contributed by atoms with E-state index in [0.717, 1.165) is 22.2 Å². The first-order chi connectivity index (χ1) is 9.65. The number of hydrogen-bond acceptors (Lipinski definition) is 3. The zero-order valence-electron chi connectivity index (χ0n) is 11.5. The van der Waals surface area contributed by atoms with Crippen molar-refractivity contribution in [2.24, 2.45) is 0 Å². The molecule has 0 aliphatic rings. The molecular formula is C17H16N2O. The van der Waals surface area contributed by atoms with E-state index in [0.29, 0.717) is 5.69 Å². The van der Waals surface area contributed by atoms with Crippen LogP contribution in [0.1, 0.15) is 28.5 Å². The van der Waals surface area contributed by atoms with Crippen molar-refractivity contribution in [2.45, 2.75) is 20.0 Å². The molecule has 0 aliphatic carbocycles. The van der Waals surface area contributed by atoms with Gasteiger partial charge in [-0.2, -0.15) is 0 Å². The van der Waals surface area contributed by atoms with Crippen molar-refractivity contribution in [1.29, 1.82) is 0 Å². The number of hydrogen-bond donors (Lipinski definition) is 1. The zero-order valence-corrected chi connectivity index (χ0v) is 11.5. The van der Waals surface area contributed by atoms with Crippen LogP contribution in [0.5, 0.6) is 0 Å². The predicted octanol–water partition coefficient (Wildman–Crippen LogP) is 3.33. The topological polar surface area (TPSA) is 46.0 Å². The lowest BCUT2D eigenvalue weighted by atomic mass is 9.99. The molecular weight excluding hydrogens is 248 g/mol. The minimum atomic E-state index is -0.743. The van der Waals surface area contributed by atoms with Crippen LogP contribution in [0, 0.1) is 13.8 Å². The van der Waals surface area contributed by atoms with Crippen molar-refractivity contribution in [3.05, 3.63) is 71.0 Å². The third-order valence-corrected chi connectivity index (χ3v) is 3.47. The van der Waals surface area contributed by atoms with Gasteiger partial charge < -0.3 is 5.11 Å². The number of aryl methyl sites for hydroxylation is 2. The molecule has 1 aromatic heterocycles. The normalized spacial score (nSPS) is 12.6. The van der Waals surface area contributed by atoms with Crippen LogP contribution in [0.4, 0.5) is 0 Å². The van der Waals surface area contributed by atoms with Gasteiger partial charge in [0.15, 0.2) is 0 Å². The number of nitrogens with zero attached hydrogens (tertiary/aromatic N) is 2. The molecule has 100 valence electrons. The number of aliphatic hydroxyl groups is 1. The van der Waals surface area contributed by atoms with E-state index < -0.39 is 6.10 Å². The molecule has 0 amide bonds. The van der Waals surface area contributed by atoms with Gasteiger partial charge in [0, 0.05) is 0 Å². The highest BCUT2D eigenvalue weighted by atomic mass is 16.3. The molecule has 20 heavy (non-hydrogen) atoms. The summed E-state index contributed by atoms with van der Waals surface area (Å²) < 4.78 is 0. The predicted molar refractivity (Wildman–Crippen MR) is 79.5 cm³/mol. The Kier molecular flexibility index (Phi) is 3.20. The monoisotopic (exact) mass is 264 g/mol. The van der Waals surface area contributed by atoms with Gasteiger partial charge in [0.1, 0.15) is 6.10 Å². The van der Waals surface area contributed by atoms with Crippen molar-refractivity contribution in [3.63, 3.8) is 0 Å². The Bertz CT molecular complexity index is 768. The summed E-state index contributed by atoms with van der Waals surface area (Å²) in [5.74, 6) is 0. The third-order valence-electron chi connectivity index (χ3n) is 3.47. The lowest BCUT2D eigenvalue weighted by Crippen LogP contribution is -2.05. The maximum absolute atomic E-state index is 10.5. The molecule has 1 atom stereocenters. The number of aliphatic hydroxyl groups excluding tert-OH is 1. The summed E-state index contributed by atoms with van der Waals surface area (Å²) in [4.78, 5) is 8.86. The van der Waals surface area contributed by atoms with Gasteiger partial charge in [0.2, 0.25) is 0 Å². The Labute approximate surface area is 117 Å². The van der Waals surface area contributed by atoms with E-state index in [1.165, 1.54) is 5.56 Å². The summed E-state index contributed by atoms with van der Waals surface area (Å²) in [6, 6.07) is 13.7. The van der Waals surface area contributed by atoms with Crippen LogP contribution in [-0.4, -0.2) is 15.1 Å². The molecule has 3 aromatic rings. The summed E-state index contributed by atoms with van der Waals surface area (Å²) in [5, 5.41) is 10.5. The van der Waals surface area contributed by atoms with Gasteiger partial charge in [-0.15, -0.1) is 0 Å². The van der Waals surface area contributed by atoms with E-state index >= 15 is 0 Å². The number of rotatable bonds is 2. The minimum absolute atomic E-state index is 0.579. The Morgan fingerprint density at radius 2 is 1.75 bits per heavy atom. The van der Waals surface area contributed by atoms with Crippen LogP contribution in [0.3, 0.4) is 0 Å². The van der Waals surface area contributed by atoms with Crippen molar-refractivity contribution in [3.8, 4) is 0 Å². The summed E-state index contributed by atoms with van der Waals surface area (Å²) in [6.45, 7) is 4.04. The summed E-state index contributed by atoms with van der Waals surface area (Å²) in [5.41, 5.74) is 5.34. The van der Waals surface area contributed by atoms with Crippen LogP contribution in [-0.2, 0) is 0 Å². The lowest BCUT2D eigenvalue weighted by molar-refractivity contribution is 0.214. The second-order valence-electron chi connectivity index (χ2n) is 5.05. The molecule has 0 saturated heterocycles. The van der Waals surface area contributed by atoms with E-state index in [1.54, 1.807) is 6.20 Å². The van der Waals surface area contributed by atoms with Gasteiger partial charge in [0.05, 0.1) is 22.9 Å². The minimum Gasteiger partial charge on any atom is -0.382 e. The molecule has 0 bridgehead atoms. The van der Waals surface area contributed by atoms with Crippen LogP contribution >= 0.6 is 0 Å². The Balaban J connectivity index is 2.05. The fourth-order valence-electron chi connectivity index (χ4n) is 2.39. The van der Waals surface area contributed by atoms with E-state index in [1.807, 2.05) is 50.2 Å². The van der Waals surface area contributed by atoms with Crippen molar-refractivity contribution < 1.29 is 5.11 Å². The van der Waals surface area contributed by atoms with Gasteiger partial charge in [-0.1, -0.05) is 35.9 Å². The first kappa shape index (κ1) is 12.8. The highest BCUT2D eigenvalue weighted by molar-refractivity contribution is 5.73. The van der Waals surface area contributed by atoms with Gasteiger partial charge >= 0.3 is 0 Å². The second kappa shape index (κ2) is 5.02. The number of aromatic nitrogens is 2. The molecule has 0 fully saturated rings. The molecule has 3 rings (SSSR count). The molecule has 3 nitrogen and oxygen atoms in total. The van der Waals surface area contributed by atoms with Crippen LogP contribution in [0.25, 0.3) is 11.0 Å². The highest BCUT2D eigenvalue weighted by Gasteiger charge is 2.15. The van der Waals surface area contributed by atoms with Crippen molar-refractivity contribution in [2.75, 3.05) is 0 Å². The number of fused-ring (bicyclic) bond motifs is 1. The molecule has 1 N–H and O–H groups in total. The van der Waals surface area contributed by atoms with Crippen LogP contribution in [0.2, 0.25) is 0 Å². The van der Waals surface area contributed by atoms with Crippen LogP contribution < -0.4 is 0 Å². The SMILES string of the molecule is Cc1ccc(C(O)c2cnc3ccccc3n2)c(C)c1. The second-order valence-corrected chi connectivity index (χ2v) is 5.05. The zero-order chi connectivity index (χ0) is 14.1. The Morgan fingerprint density at radius 3 is 2.50 bits per heavy atom. The first-order valence-corrected chi connectivity index (χ1v) is 6.62. The molecule has 1 unspecified atom stereocenters. The summed E-state index contributed by atoms with van der Waals surface area (Å²) in [6.07, 6.45) is 0.902. The average Bonchev–Trinajstić information content (AvgIpc) is 2.46. The molecule has 2 aromatic carbocycles. The fraction of sp³-hybridized carbons (Fsp3) is 0.176. The number of para-hydroxylation sites is 2. The Morgan fingerprint density at radius 1 is 1.00 bits per heavy atom. The smallest absolute Gasteiger partial charge is 0.123 e. The standard InChI is InChI=1S/C17H16N2O/c1-11-7-8-13(12(2)9-11)17(20)16-10-18-14-5-3-4-6-15(14)19-16/h3-10,17,20H,1-2H3. The number of benzene rings is 2. The first-order valence-electron chi connectivity index (χ1n) is 6.62. The van der Waals surface area contributed by atoms with Crippen molar-refractivity contribution in [1.82, 2.24) is 9.97 Å². The van der Waals surface area contributed by atoms with Gasteiger partial charge in [-0.25, -0.2) is 4.98 Å². The molecule has 0 saturated carbocycles. The lowest BCUT2D eigenvalue weighted by Gasteiger charge is -2.14. The van der Waals surface area contributed by atoms with Crippen LogP contribution in [0.15, 0.2) is 48.7 Å². The largest absolute Gasteiger partial charge is 0.382 e. The maximum atomic E-state index is 10.5. The molecule has 1 heterocycles. The average molecular weight is 264 g/mol. The summed E-state index contributed by atoms with van der Waals surface area (Å²) >= 11 is 0. The quantitative estimate of drug-likeness (QED) is 0.772. The molecule has 0 radical (unpaired) electrons. The molecule has 0 aliphatic heterocycles. The summed E-state index contributed by atoms with van der Waals surface area (Å²) in [7, 11) is 0. The van der Waals surface area contributed by atoms with Gasteiger partial charge in [-0.3, -0.25) is 4.98 Å². The van der Waals surface area contributed by atoms with E-state index in [9.17, 15) is 5.11 Å². The molecule has 0 spiro atoms. The van der Waals surface area contributed by atoms with E-state index in [2.05, 4.69) is 16.0 Å². The van der Waals surface area contributed by atoms with Gasteiger partial charge in [0.25, 0.3) is 0 Å². The Hall–Kier alpha value is -2.26. The van der Waals surface area contributed by atoms with E-state index in [4.69, 9.17) is 0 Å². The van der Waals surface area contributed by atoms with Crippen molar-refractivity contribution >= 4 is 11.0 Å². The van der Waals surface area contributed by atoms with Gasteiger partial charge in [-0.05, 0) is 37.1 Å². The maximum Gasteiger partial charge on any atom is 0.123 e. The third kappa shape index (κ3) is 2.28. The fourth-order valence-corrected chi connectivity index (χ4v) is 2.39. The highest BCUT2D eigenvalue weighted by Crippen LogP contribution is 2.24. The molecule has 3 heteroatoms. The van der Waals surface area contributed by atoms with E-state index in [-0.39, 0.29) is 0 Å².